The van der Waals surface area contributed by atoms with Crippen molar-refractivity contribution < 1.29 is 33.8 Å². The molecule has 0 bridgehead atoms. The first-order chi connectivity index (χ1) is 14.1. The number of alkyl carbamates (subject to hydrolysis) is 1. The number of aliphatic carboxylic acids is 1. The van der Waals surface area contributed by atoms with Crippen molar-refractivity contribution in [1.29, 1.82) is 0 Å². The molecule has 0 unspecified atom stereocenters. The van der Waals surface area contributed by atoms with Crippen LogP contribution in [0.2, 0.25) is 0 Å². The lowest BCUT2D eigenvalue weighted by Gasteiger charge is -2.26. The molecule has 3 N–H and O–H groups in total. The van der Waals surface area contributed by atoms with Crippen LogP contribution in [0.25, 0.3) is 0 Å². The molecule has 1 aromatic rings. The second-order valence-corrected chi connectivity index (χ2v) is 7.24. The summed E-state index contributed by atoms with van der Waals surface area (Å²) in [5.74, 6) is -3.54. The second-order valence-electron chi connectivity index (χ2n) is 7.24. The van der Waals surface area contributed by atoms with E-state index in [-0.39, 0.29) is 25.6 Å². The van der Waals surface area contributed by atoms with E-state index in [1.165, 1.54) is 6.92 Å². The van der Waals surface area contributed by atoms with Gasteiger partial charge in [0.05, 0.1) is 13.0 Å². The second kappa shape index (κ2) is 12.5. The Morgan fingerprint density at radius 3 is 2.13 bits per heavy atom. The highest BCUT2D eigenvalue weighted by atomic mass is 16.5. The van der Waals surface area contributed by atoms with E-state index in [0.717, 1.165) is 5.56 Å². The van der Waals surface area contributed by atoms with Crippen molar-refractivity contribution in [2.24, 2.45) is 11.8 Å². The van der Waals surface area contributed by atoms with Crippen LogP contribution in [0.15, 0.2) is 30.3 Å². The molecule has 0 saturated heterocycles. The van der Waals surface area contributed by atoms with Crippen LogP contribution < -0.4 is 10.6 Å². The molecule has 1 aromatic carbocycles. The lowest BCUT2D eigenvalue weighted by Crippen LogP contribution is -2.55. The SMILES string of the molecule is CCOC(=O)C[C@@H](C)[C@H](NC(=O)[C@@H](NC(=O)OCc1ccccc1)C(C)C)C(=O)O. The van der Waals surface area contributed by atoms with Gasteiger partial charge in [-0.1, -0.05) is 51.1 Å². The summed E-state index contributed by atoms with van der Waals surface area (Å²) in [6, 6.07) is 6.72. The Bertz CT molecular complexity index is 721. The predicted octanol–water partition coefficient (Wildman–Crippen LogP) is 2.10. The van der Waals surface area contributed by atoms with Crippen molar-refractivity contribution in [2.75, 3.05) is 6.61 Å². The molecule has 0 aliphatic rings. The molecule has 0 aliphatic carbocycles. The van der Waals surface area contributed by atoms with Gasteiger partial charge in [-0.05, 0) is 24.3 Å². The number of carbonyl (C=O) groups excluding carboxylic acids is 3. The maximum Gasteiger partial charge on any atom is 0.408 e. The van der Waals surface area contributed by atoms with E-state index in [9.17, 15) is 24.3 Å². The third kappa shape index (κ3) is 8.50. The van der Waals surface area contributed by atoms with E-state index in [0.29, 0.717) is 0 Å². The third-order valence-electron chi connectivity index (χ3n) is 4.36. The Morgan fingerprint density at radius 2 is 1.60 bits per heavy atom. The van der Waals surface area contributed by atoms with Crippen molar-refractivity contribution in [2.45, 2.75) is 52.8 Å². The van der Waals surface area contributed by atoms with Gasteiger partial charge in [-0.3, -0.25) is 9.59 Å². The summed E-state index contributed by atoms with van der Waals surface area (Å²) in [5.41, 5.74) is 0.789. The van der Waals surface area contributed by atoms with Crippen molar-refractivity contribution in [1.82, 2.24) is 10.6 Å². The van der Waals surface area contributed by atoms with Gasteiger partial charge in [0.15, 0.2) is 0 Å². The fourth-order valence-corrected chi connectivity index (χ4v) is 2.72. The van der Waals surface area contributed by atoms with Crippen molar-refractivity contribution in [3.05, 3.63) is 35.9 Å². The van der Waals surface area contributed by atoms with Gasteiger partial charge < -0.3 is 25.2 Å². The summed E-state index contributed by atoms with van der Waals surface area (Å²) in [4.78, 5) is 48.0. The molecule has 9 nitrogen and oxygen atoms in total. The fraction of sp³-hybridized carbons (Fsp3) is 0.524. The van der Waals surface area contributed by atoms with Gasteiger partial charge in [-0.15, -0.1) is 0 Å². The van der Waals surface area contributed by atoms with Crippen LogP contribution >= 0.6 is 0 Å². The lowest BCUT2D eigenvalue weighted by atomic mass is 9.96. The van der Waals surface area contributed by atoms with Crippen LogP contribution in [0.3, 0.4) is 0 Å². The highest BCUT2D eigenvalue weighted by Gasteiger charge is 2.33. The monoisotopic (exact) mass is 422 g/mol. The zero-order valence-electron chi connectivity index (χ0n) is 17.7. The first-order valence-corrected chi connectivity index (χ1v) is 9.81. The number of carboxylic acid groups (broad SMARTS) is 1. The number of ether oxygens (including phenoxy) is 2. The fourth-order valence-electron chi connectivity index (χ4n) is 2.72. The van der Waals surface area contributed by atoms with Crippen molar-refractivity contribution in [3.63, 3.8) is 0 Å². The maximum absolute atomic E-state index is 12.7. The molecule has 0 aromatic heterocycles. The van der Waals surface area contributed by atoms with Gasteiger partial charge in [0.25, 0.3) is 0 Å². The molecule has 0 fully saturated rings. The topological polar surface area (TPSA) is 131 Å². The van der Waals surface area contributed by atoms with Crippen molar-refractivity contribution in [3.8, 4) is 0 Å². The van der Waals surface area contributed by atoms with Crippen LogP contribution in [0, 0.1) is 11.8 Å². The molecule has 166 valence electrons. The summed E-state index contributed by atoms with van der Waals surface area (Å²) in [7, 11) is 0. The van der Waals surface area contributed by atoms with Gasteiger partial charge >= 0.3 is 18.0 Å². The molecule has 3 atom stereocenters. The van der Waals surface area contributed by atoms with E-state index in [4.69, 9.17) is 9.47 Å². The number of amides is 2. The van der Waals surface area contributed by atoms with E-state index in [2.05, 4.69) is 10.6 Å². The minimum absolute atomic E-state index is 0.0352. The Kier molecular flexibility index (Phi) is 10.4. The van der Waals surface area contributed by atoms with Crippen LogP contribution in [0.5, 0.6) is 0 Å². The van der Waals surface area contributed by atoms with E-state index < -0.39 is 41.9 Å². The first kappa shape index (κ1) is 24.9. The number of carboxylic acids is 1. The summed E-state index contributed by atoms with van der Waals surface area (Å²) in [6.07, 6.45) is -0.955. The molecule has 0 radical (unpaired) electrons. The molecule has 0 heterocycles. The Balaban J connectivity index is 2.72. The predicted molar refractivity (Wildman–Crippen MR) is 108 cm³/mol. The summed E-state index contributed by atoms with van der Waals surface area (Å²) < 4.78 is 9.96. The number of hydrogen-bond donors (Lipinski definition) is 3. The van der Waals surface area contributed by atoms with E-state index in [1.54, 1.807) is 32.9 Å². The van der Waals surface area contributed by atoms with Gasteiger partial charge in [0.2, 0.25) is 5.91 Å². The van der Waals surface area contributed by atoms with Gasteiger partial charge in [0, 0.05) is 0 Å². The normalized spacial score (nSPS) is 13.6. The van der Waals surface area contributed by atoms with Crippen LogP contribution in [-0.4, -0.2) is 47.7 Å². The third-order valence-corrected chi connectivity index (χ3v) is 4.36. The number of esters is 1. The average Bonchev–Trinajstić information content (AvgIpc) is 2.68. The minimum atomic E-state index is -1.31. The number of nitrogens with one attached hydrogen (secondary N) is 2. The number of carbonyl (C=O) groups is 4. The summed E-state index contributed by atoms with van der Waals surface area (Å²) in [6.45, 7) is 6.81. The molecular formula is C21H30N2O7. The highest BCUT2D eigenvalue weighted by Crippen LogP contribution is 2.12. The highest BCUT2D eigenvalue weighted by molar-refractivity contribution is 5.89. The molecule has 0 aliphatic heterocycles. The van der Waals surface area contributed by atoms with Crippen LogP contribution in [0.4, 0.5) is 4.79 Å². The quantitative estimate of drug-likeness (QED) is 0.465. The number of hydrogen-bond acceptors (Lipinski definition) is 6. The molecule has 30 heavy (non-hydrogen) atoms. The first-order valence-electron chi connectivity index (χ1n) is 9.81. The van der Waals surface area contributed by atoms with E-state index in [1.807, 2.05) is 18.2 Å². The minimum Gasteiger partial charge on any atom is -0.480 e. The molecule has 9 heteroatoms. The largest absolute Gasteiger partial charge is 0.480 e. The summed E-state index contributed by atoms with van der Waals surface area (Å²) in [5, 5.41) is 14.3. The zero-order chi connectivity index (χ0) is 22.7. The zero-order valence-corrected chi connectivity index (χ0v) is 17.7. The van der Waals surface area contributed by atoms with Crippen LogP contribution in [0.1, 0.15) is 39.7 Å². The molecule has 0 saturated carbocycles. The Hall–Kier alpha value is -3.10. The number of benzene rings is 1. The summed E-state index contributed by atoms with van der Waals surface area (Å²) >= 11 is 0. The molecule has 0 spiro atoms. The Morgan fingerprint density at radius 1 is 0.967 bits per heavy atom. The maximum atomic E-state index is 12.7. The van der Waals surface area contributed by atoms with Gasteiger partial charge in [-0.2, -0.15) is 0 Å². The standard InChI is InChI=1S/C21H30N2O7/c1-5-29-16(24)11-14(4)18(20(26)27)22-19(25)17(13(2)3)23-21(28)30-12-15-9-7-6-8-10-15/h6-10,13-14,17-18H,5,11-12H2,1-4H3,(H,22,25)(H,23,28)(H,26,27)/t14-,17+,18+/m1/s1. The molecule has 1 rings (SSSR count). The van der Waals surface area contributed by atoms with Crippen molar-refractivity contribution >= 4 is 23.9 Å². The van der Waals surface area contributed by atoms with E-state index >= 15 is 0 Å². The molecular weight excluding hydrogens is 392 g/mol. The van der Waals surface area contributed by atoms with Crippen LogP contribution in [-0.2, 0) is 30.5 Å². The lowest BCUT2D eigenvalue weighted by molar-refractivity contribution is -0.147. The number of rotatable bonds is 11. The Labute approximate surface area is 176 Å². The smallest absolute Gasteiger partial charge is 0.408 e. The van der Waals surface area contributed by atoms with Gasteiger partial charge in [-0.25, -0.2) is 9.59 Å². The van der Waals surface area contributed by atoms with Gasteiger partial charge in [0.1, 0.15) is 18.7 Å². The average molecular weight is 422 g/mol. The molecule has 2 amide bonds.